The largest absolute Gasteiger partial charge is 0.197 e. The van der Waals surface area contributed by atoms with Gasteiger partial charge in [-0.1, -0.05) is 41.6 Å². The number of alkyl halides is 1. The van der Waals surface area contributed by atoms with E-state index in [0.29, 0.717) is 5.41 Å². The lowest BCUT2D eigenvalue weighted by Crippen LogP contribution is -2.43. The fraction of sp³-hybridized carbons (Fsp3) is 0.909. The van der Waals surface area contributed by atoms with Gasteiger partial charge in [-0.15, -0.1) is 0 Å². The molecule has 1 spiro atoms. The van der Waals surface area contributed by atoms with Gasteiger partial charge >= 0.3 is 0 Å². The minimum absolute atomic E-state index is 0.186. The maximum absolute atomic E-state index is 9.28. The number of halogens is 1. The normalized spacial score (nSPS) is 37.5. The summed E-state index contributed by atoms with van der Waals surface area (Å²) in [5.41, 5.74) is 0.333. The summed E-state index contributed by atoms with van der Waals surface area (Å²) in [5.74, 6) is 0. The van der Waals surface area contributed by atoms with E-state index in [0.717, 1.165) is 6.42 Å². The average Bonchev–Trinajstić information content (AvgIpc) is 2.61. The molecule has 2 rings (SSSR count). The number of nitriles is 1. The molecule has 1 unspecified atom stereocenters. The van der Waals surface area contributed by atoms with Crippen LogP contribution in [0.2, 0.25) is 0 Å². The monoisotopic (exact) mass is 241 g/mol. The highest BCUT2D eigenvalue weighted by Crippen LogP contribution is 2.58. The first-order chi connectivity index (χ1) is 6.22. The van der Waals surface area contributed by atoms with Gasteiger partial charge in [0.1, 0.15) is 4.32 Å². The molecule has 1 atom stereocenters. The van der Waals surface area contributed by atoms with Gasteiger partial charge in [-0.05, 0) is 31.1 Å². The molecule has 2 heteroatoms. The van der Waals surface area contributed by atoms with Crippen LogP contribution in [0.5, 0.6) is 0 Å². The third-order valence-electron chi connectivity index (χ3n) is 4.01. The molecule has 2 aliphatic rings. The Balaban J connectivity index is 2.28. The third-order valence-corrected chi connectivity index (χ3v) is 5.42. The van der Waals surface area contributed by atoms with Gasteiger partial charge in [0.15, 0.2) is 0 Å². The molecule has 0 aliphatic heterocycles. The molecule has 0 bridgehead atoms. The van der Waals surface area contributed by atoms with E-state index in [-0.39, 0.29) is 4.32 Å². The minimum Gasteiger partial charge on any atom is -0.197 e. The van der Waals surface area contributed by atoms with Crippen molar-refractivity contribution >= 4 is 15.9 Å². The Labute approximate surface area is 88.6 Å². The smallest absolute Gasteiger partial charge is 0.118 e. The van der Waals surface area contributed by atoms with Gasteiger partial charge in [0.2, 0.25) is 0 Å². The van der Waals surface area contributed by atoms with E-state index in [1.165, 1.54) is 44.9 Å². The van der Waals surface area contributed by atoms with Crippen LogP contribution < -0.4 is 0 Å². The molecule has 0 saturated heterocycles. The predicted octanol–water partition coefficient (Wildman–Crippen LogP) is 3.78. The zero-order valence-corrected chi connectivity index (χ0v) is 9.57. The van der Waals surface area contributed by atoms with E-state index in [9.17, 15) is 5.26 Å². The minimum atomic E-state index is -0.186. The Morgan fingerprint density at radius 2 is 1.38 bits per heavy atom. The Morgan fingerprint density at radius 1 is 0.923 bits per heavy atom. The average molecular weight is 242 g/mol. The Bertz CT molecular complexity index is 237. The topological polar surface area (TPSA) is 23.8 Å². The first-order valence-electron chi connectivity index (χ1n) is 5.33. The zero-order chi connectivity index (χ0) is 9.36. The molecule has 2 aliphatic carbocycles. The van der Waals surface area contributed by atoms with E-state index >= 15 is 0 Å². The highest BCUT2D eigenvalue weighted by atomic mass is 79.9. The molecule has 0 aromatic rings. The van der Waals surface area contributed by atoms with Crippen LogP contribution in [0.15, 0.2) is 0 Å². The first-order valence-corrected chi connectivity index (χ1v) is 6.12. The summed E-state index contributed by atoms with van der Waals surface area (Å²) < 4.78 is -0.186. The second-order valence-electron chi connectivity index (χ2n) is 4.61. The standard InChI is InChI=1S/C11H16BrN/c12-11(9-13)8-4-3-7-10(11)5-1-2-6-10/h1-8H2. The molecule has 72 valence electrons. The van der Waals surface area contributed by atoms with Crippen LogP contribution in [0.3, 0.4) is 0 Å². The lowest BCUT2D eigenvalue weighted by molar-refractivity contribution is 0.172. The zero-order valence-electron chi connectivity index (χ0n) is 7.98. The molecule has 0 heterocycles. The van der Waals surface area contributed by atoms with Crippen molar-refractivity contribution in [3.8, 4) is 6.07 Å². The van der Waals surface area contributed by atoms with E-state index in [1.807, 2.05) is 0 Å². The van der Waals surface area contributed by atoms with Crippen LogP contribution in [-0.4, -0.2) is 4.32 Å². The summed E-state index contributed by atoms with van der Waals surface area (Å²) in [6.07, 6.45) is 10.1. The maximum atomic E-state index is 9.28. The lowest BCUT2D eigenvalue weighted by atomic mass is 9.65. The van der Waals surface area contributed by atoms with Crippen molar-refractivity contribution in [3.05, 3.63) is 0 Å². The SMILES string of the molecule is N#CC1(Br)CCCCC12CCCC2. The van der Waals surface area contributed by atoms with Crippen molar-refractivity contribution < 1.29 is 0 Å². The fourth-order valence-corrected chi connectivity index (χ4v) is 4.04. The Kier molecular flexibility index (Phi) is 2.40. The van der Waals surface area contributed by atoms with Crippen molar-refractivity contribution in [1.82, 2.24) is 0 Å². The van der Waals surface area contributed by atoms with Crippen molar-refractivity contribution in [3.63, 3.8) is 0 Å². The summed E-state index contributed by atoms with van der Waals surface area (Å²) >= 11 is 3.72. The second-order valence-corrected chi connectivity index (χ2v) is 5.96. The van der Waals surface area contributed by atoms with Crippen molar-refractivity contribution in [1.29, 1.82) is 5.26 Å². The van der Waals surface area contributed by atoms with Crippen molar-refractivity contribution in [2.75, 3.05) is 0 Å². The number of hydrogen-bond donors (Lipinski definition) is 0. The number of hydrogen-bond acceptors (Lipinski definition) is 1. The van der Waals surface area contributed by atoms with E-state index < -0.39 is 0 Å². The van der Waals surface area contributed by atoms with Gasteiger partial charge in [-0.25, -0.2) is 0 Å². The fourth-order valence-electron chi connectivity index (χ4n) is 3.17. The van der Waals surface area contributed by atoms with Gasteiger partial charge in [-0.2, -0.15) is 5.26 Å². The molecule has 2 saturated carbocycles. The Hall–Kier alpha value is -0.0300. The summed E-state index contributed by atoms with van der Waals surface area (Å²) in [7, 11) is 0. The first kappa shape index (κ1) is 9.52. The van der Waals surface area contributed by atoms with Gasteiger partial charge in [0.25, 0.3) is 0 Å². The summed E-state index contributed by atoms with van der Waals surface area (Å²) in [6.45, 7) is 0. The predicted molar refractivity (Wildman–Crippen MR) is 56.6 cm³/mol. The van der Waals surface area contributed by atoms with Crippen LogP contribution >= 0.6 is 15.9 Å². The van der Waals surface area contributed by atoms with E-state index in [2.05, 4.69) is 22.0 Å². The van der Waals surface area contributed by atoms with Crippen LogP contribution in [0.4, 0.5) is 0 Å². The van der Waals surface area contributed by atoms with Crippen LogP contribution in [-0.2, 0) is 0 Å². The van der Waals surface area contributed by atoms with Gasteiger partial charge < -0.3 is 0 Å². The molecule has 0 aromatic carbocycles. The molecule has 1 nitrogen and oxygen atoms in total. The van der Waals surface area contributed by atoms with Gasteiger partial charge in [0, 0.05) is 0 Å². The quantitative estimate of drug-likeness (QED) is 0.593. The number of nitrogens with zero attached hydrogens (tertiary/aromatic N) is 1. The maximum Gasteiger partial charge on any atom is 0.118 e. The molecule has 13 heavy (non-hydrogen) atoms. The van der Waals surface area contributed by atoms with Crippen molar-refractivity contribution in [2.45, 2.75) is 55.7 Å². The van der Waals surface area contributed by atoms with Crippen LogP contribution in [0, 0.1) is 16.7 Å². The number of rotatable bonds is 0. The molecular weight excluding hydrogens is 226 g/mol. The Morgan fingerprint density at radius 3 is 1.85 bits per heavy atom. The van der Waals surface area contributed by atoms with Crippen LogP contribution in [0.1, 0.15) is 51.4 Å². The highest BCUT2D eigenvalue weighted by Gasteiger charge is 2.52. The molecule has 2 fully saturated rings. The summed E-state index contributed by atoms with van der Waals surface area (Å²) in [6, 6.07) is 2.53. The lowest BCUT2D eigenvalue weighted by Gasteiger charge is -2.44. The molecule has 0 amide bonds. The van der Waals surface area contributed by atoms with Crippen molar-refractivity contribution in [2.24, 2.45) is 5.41 Å². The molecule has 0 N–H and O–H groups in total. The third kappa shape index (κ3) is 1.32. The van der Waals surface area contributed by atoms with Crippen LogP contribution in [0.25, 0.3) is 0 Å². The van der Waals surface area contributed by atoms with E-state index in [1.54, 1.807) is 0 Å². The molecule has 0 aromatic heterocycles. The van der Waals surface area contributed by atoms with Gasteiger partial charge in [-0.3, -0.25) is 0 Å². The molecular formula is C11H16BrN. The van der Waals surface area contributed by atoms with Gasteiger partial charge in [0.05, 0.1) is 6.07 Å². The summed E-state index contributed by atoms with van der Waals surface area (Å²) in [5, 5.41) is 9.28. The van der Waals surface area contributed by atoms with E-state index in [4.69, 9.17) is 0 Å². The highest BCUT2D eigenvalue weighted by molar-refractivity contribution is 9.10. The second kappa shape index (κ2) is 3.28. The summed E-state index contributed by atoms with van der Waals surface area (Å²) in [4.78, 5) is 0. The molecule has 0 radical (unpaired) electrons.